The van der Waals surface area contributed by atoms with Gasteiger partial charge in [0.2, 0.25) is 0 Å². The third-order valence-electron chi connectivity index (χ3n) is 9.37. The van der Waals surface area contributed by atoms with Crippen LogP contribution in [0.5, 0.6) is 0 Å². The topological polar surface area (TPSA) is 20.2 Å². The zero-order valence-corrected chi connectivity index (χ0v) is 22.4. The fraction of sp³-hybridized carbons (Fsp3) is 0.852. The van der Waals surface area contributed by atoms with Gasteiger partial charge < -0.3 is 5.11 Å². The summed E-state index contributed by atoms with van der Waals surface area (Å²) in [6.07, 6.45) is 0. The molecular weight excluding hydrogens is 340 g/mol. The number of aliphatic hydroxyl groups is 1. The van der Waals surface area contributed by atoms with Crippen molar-refractivity contribution in [2.75, 3.05) is 0 Å². The Hall–Kier alpha value is -0.560. The van der Waals surface area contributed by atoms with Crippen LogP contribution in [-0.2, 0) is 0 Å². The van der Waals surface area contributed by atoms with Crippen LogP contribution in [0.15, 0.2) is 22.3 Å². The molecule has 1 N–H and O–H groups in total. The average molecular weight is 393 g/mol. The molecule has 0 aliphatic carbocycles. The first-order valence-electron chi connectivity index (χ1n) is 11.0. The molecule has 0 spiro atoms. The number of hydrogen-bond acceptors (Lipinski definition) is 1. The van der Waals surface area contributed by atoms with E-state index in [1.54, 1.807) is 0 Å². The Morgan fingerprint density at radius 2 is 0.679 bits per heavy atom. The third kappa shape index (κ3) is 4.45. The predicted molar refractivity (Wildman–Crippen MR) is 128 cm³/mol. The highest BCUT2D eigenvalue weighted by molar-refractivity contribution is 5.33. The highest BCUT2D eigenvalue weighted by atomic mass is 16.3. The number of hydrogen-bond donors (Lipinski definition) is 1. The summed E-state index contributed by atoms with van der Waals surface area (Å²) in [7, 11) is 0. The summed E-state index contributed by atoms with van der Waals surface area (Å²) in [6, 6.07) is 0. The fourth-order valence-electron chi connectivity index (χ4n) is 4.04. The minimum atomic E-state index is -0.907. The van der Waals surface area contributed by atoms with Crippen molar-refractivity contribution in [2.24, 2.45) is 27.1 Å². The third-order valence-corrected chi connectivity index (χ3v) is 9.37. The smallest absolute Gasteiger partial charge is 0.0794 e. The van der Waals surface area contributed by atoms with Gasteiger partial charge in [-0.05, 0) is 50.9 Å². The van der Waals surface area contributed by atoms with E-state index in [1.165, 1.54) is 22.3 Å². The van der Waals surface area contributed by atoms with Crippen LogP contribution in [0, 0.1) is 27.1 Å². The monoisotopic (exact) mass is 392 g/mol. The standard InChI is InChI=1S/C27H52O/c1-18(22(5,6)7)19(2)25(13,14)27(17,28)26(15,16)21(4)20(3)24(11,12)23(8,9)10/h28H,1-17H3/b19-18-,21-20-. The first-order valence-corrected chi connectivity index (χ1v) is 11.0. The molecule has 1 atom stereocenters. The number of allylic oxidation sites excluding steroid dienone is 2. The van der Waals surface area contributed by atoms with Gasteiger partial charge in [0.15, 0.2) is 0 Å². The second-order valence-electron chi connectivity index (χ2n) is 12.9. The molecule has 1 nitrogen and oxygen atoms in total. The molecule has 1 unspecified atom stereocenters. The maximum Gasteiger partial charge on any atom is 0.0794 e. The highest BCUT2D eigenvalue weighted by Gasteiger charge is 2.53. The lowest BCUT2D eigenvalue weighted by Gasteiger charge is -2.54. The zero-order chi connectivity index (χ0) is 23.3. The molecule has 0 radical (unpaired) electrons. The minimum Gasteiger partial charge on any atom is -0.388 e. The van der Waals surface area contributed by atoms with E-state index in [2.05, 4.69) is 111 Å². The predicted octanol–water partition coefficient (Wildman–Crippen LogP) is 8.58. The molecule has 166 valence electrons. The molecule has 0 aliphatic rings. The SMILES string of the molecule is C/C(=C(\C)C(C)(C)C(C)(O)C(C)(C)/C(C)=C(/C)C(C)(C)C(C)(C)C)C(C)(C)C. The second-order valence-corrected chi connectivity index (χ2v) is 12.9. The maximum atomic E-state index is 12.1. The maximum absolute atomic E-state index is 12.1. The minimum absolute atomic E-state index is 0.0424. The van der Waals surface area contributed by atoms with Gasteiger partial charge in [-0.2, -0.15) is 0 Å². The van der Waals surface area contributed by atoms with E-state index < -0.39 is 5.60 Å². The summed E-state index contributed by atoms with van der Waals surface area (Å²) >= 11 is 0. The van der Waals surface area contributed by atoms with Crippen LogP contribution < -0.4 is 0 Å². The summed E-state index contributed by atoms with van der Waals surface area (Å²) in [4.78, 5) is 0. The normalized spacial score (nSPS) is 19.1. The van der Waals surface area contributed by atoms with Gasteiger partial charge in [-0.1, -0.05) is 105 Å². The van der Waals surface area contributed by atoms with E-state index in [0.717, 1.165) is 0 Å². The van der Waals surface area contributed by atoms with E-state index in [4.69, 9.17) is 0 Å². The summed E-state index contributed by atoms with van der Waals surface area (Å²) in [5.74, 6) is 0. The van der Waals surface area contributed by atoms with Crippen LogP contribution >= 0.6 is 0 Å². The average Bonchev–Trinajstić information content (AvgIpc) is 2.49. The Bertz CT molecular complexity index is 635. The molecule has 0 fully saturated rings. The largest absolute Gasteiger partial charge is 0.388 e. The van der Waals surface area contributed by atoms with Gasteiger partial charge in [-0.3, -0.25) is 0 Å². The highest BCUT2D eigenvalue weighted by Crippen LogP contribution is 2.55. The summed E-state index contributed by atoms with van der Waals surface area (Å²) in [6.45, 7) is 38.1. The van der Waals surface area contributed by atoms with Crippen LogP contribution in [0.25, 0.3) is 0 Å². The van der Waals surface area contributed by atoms with Crippen molar-refractivity contribution in [3.05, 3.63) is 22.3 Å². The van der Waals surface area contributed by atoms with Gasteiger partial charge >= 0.3 is 0 Å². The van der Waals surface area contributed by atoms with Crippen LogP contribution in [0.1, 0.15) is 118 Å². The van der Waals surface area contributed by atoms with E-state index in [1.807, 2.05) is 6.92 Å². The molecule has 1 heteroatoms. The van der Waals surface area contributed by atoms with Gasteiger partial charge in [-0.25, -0.2) is 0 Å². The first kappa shape index (κ1) is 27.4. The van der Waals surface area contributed by atoms with Crippen LogP contribution in [0.4, 0.5) is 0 Å². The quantitative estimate of drug-likeness (QED) is 0.464. The van der Waals surface area contributed by atoms with Crippen LogP contribution in [0.2, 0.25) is 0 Å². The molecular formula is C27H52O. The first-order chi connectivity index (χ1) is 11.9. The van der Waals surface area contributed by atoms with Gasteiger partial charge in [0.05, 0.1) is 5.60 Å². The second kappa shape index (κ2) is 7.60. The Morgan fingerprint density at radius 1 is 0.429 bits per heavy atom. The van der Waals surface area contributed by atoms with Crippen LogP contribution in [0.3, 0.4) is 0 Å². The Labute approximate surface area is 178 Å². The lowest BCUT2D eigenvalue weighted by Crippen LogP contribution is -2.55. The molecule has 0 aromatic rings. The summed E-state index contributed by atoms with van der Waals surface area (Å²) in [5.41, 5.74) is 3.98. The summed E-state index contributed by atoms with van der Waals surface area (Å²) in [5, 5.41) is 12.1. The number of rotatable bonds is 5. The lowest BCUT2D eigenvalue weighted by molar-refractivity contribution is -0.107. The van der Waals surface area contributed by atoms with E-state index in [-0.39, 0.29) is 27.1 Å². The molecule has 0 aromatic heterocycles. The van der Waals surface area contributed by atoms with Crippen molar-refractivity contribution in [3.63, 3.8) is 0 Å². The van der Waals surface area contributed by atoms with Gasteiger partial charge in [0.25, 0.3) is 0 Å². The van der Waals surface area contributed by atoms with E-state index in [9.17, 15) is 5.11 Å². The molecule has 0 amide bonds. The molecule has 0 saturated carbocycles. The fourth-order valence-corrected chi connectivity index (χ4v) is 4.04. The molecule has 0 rings (SSSR count). The zero-order valence-electron chi connectivity index (χ0n) is 22.4. The van der Waals surface area contributed by atoms with Crippen molar-refractivity contribution in [3.8, 4) is 0 Å². The Kier molecular flexibility index (Phi) is 7.45. The van der Waals surface area contributed by atoms with Crippen LogP contribution in [-0.4, -0.2) is 10.7 Å². The van der Waals surface area contributed by atoms with E-state index >= 15 is 0 Å². The van der Waals surface area contributed by atoms with Crippen molar-refractivity contribution in [1.82, 2.24) is 0 Å². The summed E-state index contributed by atoms with van der Waals surface area (Å²) < 4.78 is 0. The lowest BCUT2D eigenvalue weighted by atomic mass is 9.54. The van der Waals surface area contributed by atoms with E-state index in [0.29, 0.717) is 0 Å². The Balaban J connectivity index is 6.67. The molecule has 0 aromatic carbocycles. The van der Waals surface area contributed by atoms with Gasteiger partial charge in [-0.15, -0.1) is 0 Å². The molecule has 28 heavy (non-hydrogen) atoms. The van der Waals surface area contributed by atoms with Gasteiger partial charge in [0, 0.05) is 10.8 Å². The van der Waals surface area contributed by atoms with Crippen molar-refractivity contribution >= 4 is 0 Å². The molecule has 0 aliphatic heterocycles. The van der Waals surface area contributed by atoms with Crippen molar-refractivity contribution in [1.29, 1.82) is 0 Å². The molecule has 0 saturated heterocycles. The molecule has 0 bridgehead atoms. The molecule has 0 heterocycles. The Morgan fingerprint density at radius 3 is 0.929 bits per heavy atom. The van der Waals surface area contributed by atoms with Crippen molar-refractivity contribution < 1.29 is 5.11 Å². The van der Waals surface area contributed by atoms with Gasteiger partial charge in [0.1, 0.15) is 0 Å². The van der Waals surface area contributed by atoms with Crippen molar-refractivity contribution in [2.45, 2.75) is 123 Å².